The van der Waals surface area contributed by atoms with Gasteiger partial charge in [0.2, 0.25) is 5.91 Å². The average molecular weight is 396 g/mol. The number of carbonyl (C=O) groups excluding carboxylic acids is 2. The largest absolute Gasteiger partial charge is 0.356 e. The van der Waals surface area contributed by atoms with E-state index in [9.17, 15) is 9.59 Å². The summed E-state index contributed by atoms with van der Waals surface area (Å²) in [6.45, 7) is 4.22. The van der Waals surface area contributed by atoms with Crippen LogP contribution >= 0.6 is 0 Å². The number of nitrogens with one attached hydrogen (secondary N) is 1. The molecule has 156 valence electrons. The summed E-state index contributed by atoms with van der Waals surface area (Å²) in [5.41, 5.74) is 4.41. The van der Waals surface area contributed by atoms with Crippen molar-refractivity contribution >= 4 is 17.2 Å². The van der Waals surface area contributed by atoms with Gasteiger partial charge in [0.15, 0.2) is 5.78 Å². The van der Waals surface area contributed by atoms with Gasteiger partial charge in [0, 0.05) is 31.1 Å². The fraction of sp³-hybridized carbons (Fsp3) is 0.583. The highest BCUT2D eigenvalue weighted by atomic mass is 16.1. The first kappa shape index (κ1) is 20.1. The number of Topliss-reactive ketones (excluding diaryl/α,β-unsaturated/α-hetero) is 1. The molecule has 0 bridgehead atoms. The normalized spacial score (nSPS) is 17.4. The second-order valence-corrected chi connectivity index (χ2v) is 8.50. The third-order valence-corrected chi connectivity index (χ3v) is 6.43. The Morgan fingerprint density at radius 2 is 1.90 bits per heavy atom. The molecular formula is C24H33N3O2. The fourth-order valence-corrected chi connectivity index (χ4v) is 4.94. The first-order valence-electron chi connectivity index (χ1n) is 11.4. The minimum Gasteiger partial charge on any atom is -0.356 e. The summed E-state index contributed by atoms with van der Waals surface area (Å²) in [6, 6.07) is 6.09. The quantitative estimate of drug-likeness (QED) is 0.692. The monoisotopic (exact) mass is 395 g/mol. The highest BCUT2D eigenvalue weighted by Gasteiger charge is 2.25. The van der Waals surface area contributed by atoms with Crippen LogP contribution in [-0.2, 0) is 17.6 Å². The smallest absolute Gasteiger partial charge is 0.220 e. The van der Waals surface area contributed by atoms with Crippen molar-refractivity contribution in [2.75, 3.05) is 26.2 Å². The zero-order valence-electron chi connectivity index (χ0n) is 17.4. The summed E-state index contributed by atoms with van der Waals surface area (Å²) < 4.78 is 2.05. The van der Waals surface area contributed by atoms with E-state index in [0.717, 1.165) is 49.9 Å². The summed E-state index contributed by atoms with van der Waals surface area (Å²) in [5.74, 6) is 0.397. The third-order valence-electron chi connectivity index (χ3n) is 6.43. The molecule has 0 radical (unpaired) electrons. The van der Waals surface area contributed by atoms with E-state index in [4.69, 9.17) is 0 Å². The predicted octanol–water partition coefficient (Wildman–Crippen LogP) is 3.77. The maximum absolute atomic E-state index is 12.5. The third kappa shape index (κ3) is 4.72. The standard InChI is InChI=1S/C24H33N3O2/c28-22-11-8-9-20-19(21-10-2-7-18-27(21)24(20)22)13-14-25-23(29)12-3-6-17-26-15-4-1-5-16-26/h2,7,10,18H,1,3-6,8-9,11-17H2,(H,25,29). The molecule has 5 nitrogen and oxygen atoms in total. The summed E-state index contributed by atoms with van der Waals surface area (Å²) in [6.07, 6.45) is 12.0. The molecule has 3 heterocycles. The number of hydrogen-bond acceptors (Lipinski definition) is 3. The van der Waals surface area contributed by atoms with Crippen molar-refractivity contribution in [2.45, 2.75) is 64.2 Å². The van der Waals surface area contributed by atoms with E-state index in [2.05, 4.69) is 20.7 Å². The number of rotatable bonds is 8. The van der Waals surface area contributed by atoms with Gasteiger partial charge < -0.3 is 14.6 Å². The molecule has 0 unspecified atom stereocenters. The van der Waals surface area contributed by atoms with Gasteiger partial charge in [-0.3, -0.25) is 9.59 Å². The first-order valence-corrected chi connectivity index (χ1v) is 11.4. The molecule has 5 heteroatoms. The van der Waals surface area contributed by atoms with Gasteiger partial charge in [-0.05, 0) is 87.8 Å². The number of nitrogens with zero attached hydrogens (tertiary/aromatic N) is 2. The van der Waals surface area contributed by atoms with Crippen molar-refractivity contribution in [1.82, 2.24) is 14.6 Å². The van der Waals surface area contributed by atoms with Gasteiger partial charge in [0.25, 0.3) is 0 Å². The van der Waals surface area contributed by atoms with Gasteiger partial charge in [0.05, 0.1) is 5.69 Å². The Labute approximate surface area is 173 Å². The number of hydrogen-bond donors (Lipinski definition) is 1. The van der Waals surface area contributed by atoms with Gasteiger partial charge in [-0.15, -0.1) is 0 Å². The van der Waals surface area contributed by atoms with Crippen molar-refractivity contribution < 1.29 is 9.59 Å². The summed E-state index contributed by atoms with van der Waals surface area (Å²) in [5, 5.41) is 3.10. The summed E-state index contributed by atoms with van der Waals surface area (Å²) in [4.78, 5) is 27.2. The number of likely N-dealkylation sites (tertiary alicyclic amines) is 1. The topological polar surface area (TPSA) is 53.8 Å². The number of amides is 1. The van der Waals surface area contributed by atoms with Crippen LogP contribution in [0.4, 0.5) is 0 Å². The van der Waals surface area contributed by atoms with E-state index in [0.29, 0.717) is 19.4 Å². The fourth-order valence-electron chi connectivity index (χ4n) is 4.94. The van der Waals surface area contributed by atoms with E-state index >= 15 is 0 Å². The first-order chi connectivity index (χ1) is 14.2. The van der Waals surface area contributed by atoms with Gasteiger partial charge in [-0.25, -0.2) is 0 Å². The minimum absolute atomic E-state index is 0.150. The van der Waals surface area contributed by atoms with Gasteiger partial charge in [-0.2, -0.15) is 0 Å². The molecule has 2 aromatic rings. The molecule has 29 heavy (non-hydrogen) atoms. The summed E-state index contributed by atoms with van der Waals surface area (Å²) in [7, 11) is 0. The van der Waals surface area contributed by atoms with Gasteiger partial charge >= 0.3 is 0 Å². The Balaban J connectivity index is 1.27. The molecule has 1 aliphatic heterocycles. The van der Waals surface area contributed by atoms with E-state index in [-0.39, 0.29) is 11.7 Å². The van der Waals surface area contributed by atoms with Crippen LogP contribution in [0.1, 0.15) is 73.0 Å². The van der Waals surface area contributed by atoms with Crippen LogP contribution in [0.5, 0.6) is 0 Å². The number of piperidine rings is 1. The van der Waals surface area contributed by atoms with Crippen LogP contribution in [-0.4, -0.2) is 47.2 Å². The van der Waals surface area contributed by atoms with Crippen LogP contribution in [0.15, 0.2) is 24.4 Å². The minimum atomic E-state index is 0.150. The van der Waals surface area contributed by atoms with Crippen LogP contribution in [0.25, 0.3) is 5.52 Å². The molecule has 1 saturated heterocycles. The average Bonchev–Trinajstić information content (AvgIpc) is 3.07. The Morgan fingerprint density at radius 1 is 1.03 bits per heavy atom. The highest BCUT2D eigenvalue weighted by molar-refractivity contribution is 5.99. The zero-order valence-corrected chi connectivity index (χ0v) is 17.4. The number of unbranched alkanes of at least 4 members (excludes halogenated alkanes) is 1. The number of fused-ring (bicyclic) bond motifs is 3. The van der Waals surface area contributed by atoms with E-state index in [1.54, 1.807) is 0 Å². The maximum Gasteiger partial charge on any atom is 0.220 e. The van der Waals surface area contributed by atoms with Crippen LogP contribution in [0.3, 0.4) is 0 Å². The molecule has 1 fully saturated rings. The van der Waals surface area contributed by atoms with Gasteiger partial charge in [0.1, 0.15) is 0 Å². The second-order valence-electron chi connectivity index (χ2n) is 8.50. The van der Waals surface area contributed by atoms with Crippen LogP contribution < -0.4 is 5.32 Å². The van der Waals surface area contributed by atoms with Gasteiger partial charge in [-0.1, -0.05) is 12.5 Å². The molecule has 0 atom stereocenters. The van der Waals surface area contributed by atoms with E-state index in [1.807, 2.05) is 18.3 Å². The van der Waals surface area contributed by atoms with Crippen LogP contribution in [0, 0.1) is 0 Å². The molecule has 0 aromatic carbocycles. The lowest BCUT2D eigenvalue weighted by Crippen LogP contribution is -2.31. The molecule has 1 N–H and O–H groups in total. The van der Waals surface area contributed by atoms with Crippen molar-refractivity contribution in [3.63, 3.8) is 0 Å². The maximum atomic E-state index is 12.5. The highest BCUT2D eigenvalue weighted by Crippen LogP contribution is 2.30. The summed E-state index contributed by atoms with van der Waals surface area (Å²) >= 11 is 0. The van der Waals surface area contributed by atoms with Crippen molar-refractivity contribution in [2.24, 2.45) is 0 Å². The Hall–Kier alpha value is -2.14. The zero-order chi connectivity index (χ0) is 20.1. The Morgan fingerprint density at radius 3 is 2.76 bits per heavy atom. The number of pyridine rings is 1. The number of aromatic nitrogens is 1. The molecule has 4 rings (SSSR count). The lowest BCUT2D eigenvalue weighted by atomic mass is 9.92. The van der Waals surface area contributed by atoms with E-state index in [1.165, 1.54) is 43.5 Å². The Kier molecular flexibility index (Phi) is 6.65. The molecule has 2 aromatic heterocycles. The van der Waals surface area contributed by atoms with Crippen molar-refractivity contribution in [1.29, 1.82) is 0 Å². The molecular weight excluding hydrogens is 362 g/mol. The number of carbonyl (C=O) groups is 2. The Bertz CT molecular complexity index is 864. The lowest BCUT2D eigenvalue weighted by molar-refractivity contribution is -0.121. The van der Waals surface area contributed by atoms with Crippen molar-refractivity contribution in [3.8, 4) is 0 Å². The van der Waals surface area contributed by atoms with E-state index < -0.39 is 0 Å². The lowest BCUT2D eigenvalue weighted by Gasteiger charge is -2.26. The predicted molar refractivity (Wildman–Crippen MR) is 116 cm³/mol. The van der Waals surface area contributed by atoms with Crippen molar-refractivity contribution in [3.05, 3.63) is 41.2 Å². The SMILES string of the molecule is O=C(CCCCN1CCCCC1)NCCc1c2c(n3ccccc13)C(=O)CCC2. The second kappa shape index (κ2) is 9.57. The molecule has 0 saturated carbocycles. The molecule has 0 spiro atoms. The number of ketones is 1. The van der Waals surface area contributed by atoms with Crippen LogP contribution in [0.2, 0.25) is 0 Å². The molecule has 2 aliphatic rings. The molecule has 1 aliphatic carbocycles. The molecule has 1 amide bonds.